The second-order valence-electron chi connectivity index (χ2n) is 8.20. The molecule has 0 saturated heterocycles. The fourth-order valence-electron chi connectivity index (χ4n) is 3.17. The lowest BCUT2D eigenvalue weighted by atomic mass is 9.96. The predicted octanol–water partition coefficient (Wildman–Crippen LogP) is 5.37. The van der Waals surface area contributed by atoms with E-state index >= 15 is 0 Å². The summed E-state index contributed by atoms with van der Waals surface area (Å²) in [5, 5.41) is 0. The zero-order chi connectivity index (χ0) is 22.6. The van der Waals surface area contributed by atoms with E-state index in [1.54, 1.807) is 13.3 Å². The van der Waals surface area contributed by atoms with Crippen LogP contribution in [0.15, 0.2) is 60.8 Å². The Hall–Kier alpha value is -2.64. The maximum absolute atomic E-state index is 13.8. The van der Waals surface area contributed by atoms with E-state index in [1.165, 1.54) is 12.1 Å². The van der Waals surface area contributed by atoms with E-state index in [0.29, 0.717) is 11.3 Å². The minimum absolute atomic E-state index is 0.219. The van der Waals surface area contributed by atoms with Crippen LogP contribution in [0.5, 0.6) is 5.75 Å². The molecule has 4 nitrogen and oxygen atoms in total. The molecule has 0 radical (unpaired) electrons. The minimum Gasteiger partial charge on any atom is -0.497 e. The van der Waals surface area contributed by atoms with Crippen molar-refractivity contribution in [2.75, 3.05) is 7.11 Å². The van der Waals surface area contributed by atoms with Crippen LogP contribution < -0.4 is 9.46 Å². The van der Waals surface area contributed by atoms with Gasteiger partial charge in [0.1, 0.15) is 17.4 Å². The third-order valence-electron chi connectivity index (χ3n) is 4.74. The van der Waals surface area contributed by atoms with Crippen molar-refractivity contribution in [2.45, 2.75) is 38.0 Å². The number of nitrogens with one attached hydrogen (secondary N) is 1. The monoisotopic (exact) mass is 444 g/mol. The number of hydrogen-bond donors (Lipinski definition) is 1. The SMILES string of the molecule is COc1ccc(-c2cccnc2[C@H](Cc2cc(F)cc(F)c2)NS(=O)C(C)(C)C)cc1. The molecule has 164 valence electrons. The van der Waals surface area contributed by atoms with Gasteiger partial charge in [-0.3, -0.25) is 4.98 Å². The van der Waals surface area contributed by atoms with E-state index in [2.05, 4.69) is 9.71 Å². The molecule has 0 fully saturated rings. The Morgan fingerprint density at radius 2 is 1.71 bits per heavy atom. The van der Waals surface area contributed by atoms with Gasteiger partial charge in [0.2, 0.25) is 0 Å². The van der Waals surface area contributed by atoms with Crippen molar-refractivity contribution < 1.29 is 17.7 Å². The lowest BCUT2D eigenvalue weighted by Gasteiger charge is -2.25. The predicted molar refractivity (Wildman–Crippen MR) is 120 cm³/mol. The minimum atomic E-state index is -1.42. The molecule has 1 aromatic heterocycles. The van der Waals surface area contributed by atoms with Gasteiger partial charge in [0.25, 0.3) is 0 Å². The molecule has 0 aliphatic rings. The first-order valence-corrected chi connectivity index (χ1v) is 11.0. The third kappa shape index (κ3) is 5.95. The first-order chi connectivity index (χ1) is 14.7. The lowest BCUT2D eigenvalue weighted by molar-refractivity contribution is 0.415. The van der Waals surface area contributed by atoms with Crippen LogP contribution in [0.3, 0.4) is 0 Å². The molecule has 1 unspecified atom stereocenters. The fraction of sp³-hybridized carbons (Fsp3) is 0.292. The number of pyridine rings is 1. The highest BCUT2D eigenvalue weighted by molar-refractivity contribution is 7.84. The highest BCUT2D eigenvalue weighted by Gasteiger charge is 2.26. The van der Waals surface area contributed by atoms with Gasteiger partial charge >= 0.3 is 0 Å². The summed E-state index contributed by atoms with van der Waals surface area (Å²) in [6, 6.07) is 14.2. The summed E-state index contributed by atoms with van der Waals surface area (Å²) in [7, 11) is 0.182. The highest BCUT2D eigenvalue weighted by atomic mass is 32.2. The van der Waals surface area contributed by atoms with Crippen molar-refractivity contribution in [3.8, 4) is 16.9 Å². The first-order valence-electron chi connectivity index (χ1n) is 9.89. The summed E-state index contributed by atoms with van der Waals surface area (Å²) in [5.41, 5.74) is 2.84. The molecule has 3 aromatic rings. The van der Waals surface area contributed by atoms with Gasteiger partial charge in [-0.1, -0.05) is 18.2 Å². The average molecular weight is 445 g/mol. The van der Waals surface area contributed by atoms with Gasteiger partial charge in [-0.15, -0.1) is 0 Å². The van der Waals surface area contributed by atoms with Crippen molar-refractivity contribution in [1.29, 1.82) is 0 Å². The van der Waals surface area contributed by atoms with Crippen LogP contribution in [-0.2, 0) is 17.4 Å². The summed E-state index contributed by atoms with van der Waals surface area (Å²) in [6.07, 6.45) is 1.87. The second-order valence-corrected chi connectivity index (χ2v) is 10.2. The molecule has 2 aromatic carbocycles. The standard InChI is InChI=1S/C24H26F2N2O2S/c1-24(2,3)31(29)28-22(14-16-12-18(25)15-19(26)13-16)23-21(6-5-11-27-23)17-7-9-20(30-4)10-8-17/h5-13,15,22,28H,14H2,1-4H3/t22-,31?/m0/s1. The molecule has 31 heavy (non-hydrogen) atoms. The van der Waals surface area contributed by atoms with Crippen molar-refractivity contribution in [2.24, 2.45) is 0 Å². The number of rotatable bonds is 7. The molecule has 0 bridgehead atoms. The zero-order valence-corrected chi connectivity index (χ0v) is 18.8. The maximum Gasteiger partial charge on any atom is 0.126 e. The Morgan fingerprint density at radius 1 is 1.06 bits per heavy atom. The van der Waals surface area contributed by atoms with E-state index in [4.69, 9.17) is 4.74 Å². The molecular formula is C24H26F2N2O2S. The maximum atomic E-state index is 13.8. The topological polar surface area (TPSA) is 51.2 Å². The Morgan fingerprint density at radius 3 is 2.29 bits per heavy atom. The second kappa shape index (κ2) is 9.66. The van der Waals surface area contributed by atoms with E-state index in [9.17, 15) is 13.0 Å². The van der Waals surface area contributed by atoms with Crippen LogP contribution in [0, 0.1) is 11.6 Å². The van der Waals surface area contributed by atoms with E-state index < -0.39 is 33.4 Å². The molecular weight excluding hydrogens is 418 g/mol. The molecule has 3 rings (SSSR count). The van der Waals surface area contributed by atoms with Crippen molar-refractivity contribution in [1.82, 2.24) is 9.71 Å². The molecule has 0 aliphatic carbocycles. The van der Waals surface area contributed by atoms with Crippen LogP contribution in [-0.4, -0.2) is 21.0 Å². The van der Waals surface area contributed by atoms with Gasteiger partial charge in [0.15, 0.2) is 0 Å². The Balaban J connectivity index is 2.05. The number of benzene rings is 2. The summed E-state index contributed by atoms with van der Waals surface area (Å²) in [5.74, 6) is -0.572. The molecule has 2 atom stereocenters. The number of halogens is 2. The van der Waals surface area contributed by atoms with Gasteiger partial charge in [0, 0.05) is 17.8 Å². The molecule has 0 aliphatic heterocycles. The largest absolute Gasteiger partial charge is 0.497 e. The highest BCUT2D eigenvalue weighted by Crippen LogP contribution is 2.31. The average Bonchev–Trinajstić information content (AvgIpc) is 2.72. The van der Waals surface area contributed by atoms with Crippen LogP contribution in [0.1, 0.15) is 38.1 Å². The van der Waals surface area contributed by atoms with Crippen LogP contribution >= 0.6 is 0 Å². The van der Waals surface area contributed by atoms with E-state index in [1.807, 2.05) is 57.2 Å². The van der Waals surface area contributed by atoms with Crippen LogP contribution in [0.2, 0.25) is 0 Å². The summed E-state index contributed by atoms with van der Waals surface area (Å²) >= 11 is 0. The van der Waals surface area contributed by atoms with Crippen LogP contribution in [0.4, 0.5) is 8.78 Å². The fourth-order valence-corrected chi connectivity index (χ4v) is 3.98. The Bertz CT molecular complexity index is 1050. The zero-order valence-electron chi connectivity index (χ0n) is 18.0. The van der Waals surface area contributed by atoms with Gasteiger partial charge in [-0.2, -0.15) is 0 Å². The van der Waals surface area contributed by atoms with Crippen molar-refractivity contribution >= 4 is 11.0 Å². The van der Waals surface area contributed by atoms with Gasteiger partial charge in [-0.25, -0.2) is 17.7 Å². The van der Waals surface area contributed by atoms with Gasteiger partial charge in [0.05, 0.1) is 34.6 Å². The molecule has 7 heteroatoms. The summed E-state index contributed by atoms with van der Waals surface area (Å²) in [4.78, 5) is 4.56. The lowest BCUT2D eigenvalue weighted by Crippen LogP contribution is -2.37. The van der Waals surface area contributed by atoms with E-state index in [-0.39, 0.29) is 6.42 Å². The quantitative estimate of drug-likeness (QED) is 0.533. The molecule has 0 amide bonds. The number of hydrogen-bond acceptors (Lipinski definition) is 3. The Labute approximate surface area is 184 Å². The smallest absolute Gasteiger partial charge is 0.126 e. The van der Waals surface area contributed by atoms with Crippen molar-refractivity contribution in [3.63, 3.8) is 0 Å². The summed E-state index contributed by atoms with van der Waals surface area (Å²) < 4.78 is 48.4. The number of ether oxygens (including phenoxy) is 1. The molecule has 0 spiro atoms. The van der Waals surface area contributed by atoms with Crippen LogP contribution in [0.25, 0.3) is 11.1 Å². The first kappa shape index (κ1) is 23.0. The third-order valence-corrected chi connectivity index (χ3v) is 6.35. The molecule has 1 N–H and O–H groups in total. The van der Waals surface area contributed by atoms with E-state index in [0.717, 1.165) is 22.9 Å². The summed E-state index contributed by atoms with van der Waals surface area (Å²) in [6.45, 7) is 5.58. The normalized spacial score (nSPS) is 13.6. The number of methoxy groups -OCH3 is 1. The van der Waals surface area contributed by atoms with Gasteiger partial charge < -0.3 is 4.74 Å². The molecule has 1 heterocycles. The Kier molecular flexibility index (Phi) is 7.18. The number of nitrogens with zero attached hydrogens (tertiary/aromatic N) is 1. The van der Waals surface area contributed by atoms with Crippen molar-refractivity contribution in [3.05, 3.63) is 83.7 Å². The van der Waals surface area contributed by atoms with Gasteiger partial charge in [-0.05, 0) is 68.7 Å². The molecule has 0 saturated carbocycles. The number of aromatic nitrogens is 1.